The molecular formula is C16H20N4O4. The second-order valence-corrected chi connectivity index (χ2v) is 5.23. The van der Waals surface area contributed by atoms with E-state index < -0.39 is 17.2 Å². The van der Waals surface area contributed by atoms with Crippen molar-refractivity contribution >= 4 is 17.1 Å². The van der Waals surface area contributed by atoms with Crippen molar-refractivity contribution in [2.24, 2.45) is 14.1 Å². The Labute approximate surface area is 138 Å². The van der Waals surface area contributed by atoms with Crippen LogP contribution in [-0.2, 0) is 30.2 Å². The number of nitrogens with zero attached hydrogens (tertiary/aromatic N) is 4. The van der Waals surface area contributed by atoms with E-state index in [9.17, 15) is 14.4 Å². The van der Waals surface area contributed by atoms with Gasteiger partial charge in [-0.05, 0) is 13.3 Å². The van der Waals surface area contributed by atoms with Gasteiger partial charge in [-0.15, -0.1) is 0 Å². The number of aryl methyl sites for hydroxylation is 2. The first kappa shape index (κ1) is 17.5. The van der Waals surface area contributed by atoms with Crippen LogP contribution in [0, 0.1) is 0 Å². The molecule has 0 aliphatic carbocycles. The normalized spacial score (nSPS) is 11.8. The van der Waals surface area contributed by atoms with Crippen molar-refractivity contribution in [3.63, 3.8) is 0 Å². The molecule has 128 valence electrons. The average Bonchev–Trinajstić information content (AvgIpc) is 2.94. The van der Waals surface area contributed by atoms with Gasteiger partial charge >= 0.3 is 11.7 Å². The highest BCUT2D eigenvalue weighted by Crippen LogP contribution is 2.03. The lowest BCUT2D eigenvalue weighted by molar-refractivity contribution is -0.137. The molecule has 0 aliphatic heterocycles. The second-order valence-electron chi connectivity index (χ2n) is 5.23. The van der Waals surface area contributed by atoms with Gasteiger partial charge in [0.1, 0.15) is 0 Å². The third kappa shape index (κ3) is 3.53. The third-order valence-electron chi connectivity index (χ3n) is 3.51. The molecule has 2 rings (SSSR count). The number of allylic oxidation sites excluding steroid dienone is 3. The molecule has 0 amide bonds. The minimum atomic E-state index is -0.463. The van der Waals surface area contributed by atoms with Crippen LogP contribution in [0.1, 0.15) is 13.3 Å². The van der Waals surface area contributed by atoms with Gasteiger partial charge in [-0.25, -0.2) is 14.6 Å². The van der Waals surface area contributed by atoms with E-state index in [1.807, 2.05) is 6.92 Å². The van der Waals surface area contributed by atoms with Crippen molar-refractivity contribution < 1.29 is 9.53 Å². The van der Waals surface area contributed by atoms with Crippen molar-refractivity contribution in [2.45, 2.75) is 19.9 Å². The Morgan fingerprint density at radius 1 is 1.29 bits per heavy atom. The summed E-state index contributed by atoms with van der Waals surface area (Å²) < 4.78 is 9.07. The van der Waals surface area contributed by atoms with Crippen molar-refractivity contribution in [1.82, 2.24) is 18.7 Å². The van der Waals surface area contributed by atoms with Gasteiger partial charge in [-0.2, -0.15) is 0 Å². The number of aromatic nitrogens is 4. The zero-order valence-electron chi connectivity index (χ0n) is 13.9. The van der Waals surface area contributed by atoms with E-state index in [-0.39, 0.29) is 13.2 Å². The number of carbonyl (C=O) groups is 1. The summed E-state index contributed by atoms with van der Waals surface area (Å²) in [5, 5.41) is 0. The van der Waals surface area contributed by atoms with Gasteiger partial charge in [0.15, 0.2) is 11.2 Å². The molecule has 0 aliphatic rings. The molecule has 2 aromatic rings. The van der Waals surface area contributed by atoms with E-state index in [4.69, 9.17) is 4.74 Å². The zero-order chi connectivity index (χ0) is 17.7. The highest BCUT2D eigenvalue weighted by Gasteiger charge is 2.14. The quantitative estimate of drug-likeness (QED) is 0.333. The molecule has 0 saturated carbocycles. The van der Waals surface area contributed by atoms with E-state index in [0.717, 1.165) is 4.57 Å². The maximum atomic E-state index is 12.4. The minimum absolute atomic E-state index is 0.123. The number of carbonyl (C=O) groups excluding carboxylic acids is 1. The van der Waals surface area contributed by atoms with Crippen LogP contribution in [0.25, 0.3) is 11.2 Å². The van der Waals surface area contributed by atoms with Crippen LogP contribution >= 0.6 is 0 Å². The summed E-state index contributed by atoms with van der Waals surface area (Å²) in [5.74, 6) is -0.463. The molecule has 0 N–H and O–H groups in total. The van der Waals surface area contributed by atoms with E-state index in [2.05, 4.69) is 4.98 Å². The number of fused-ring (bicyclic) bond motifs is 1. The second kappa shape index (κ2) is 7.58. The third-order valence-corrected chi connectivity index (χ3v) is 3.51. The Bertz CT molecular complexity index is 915. The minimum Gasteiger partial charge on any atom is -0.462 e. The first-order valence-electron chi connectivity index (χ1n) is 7.54. The van der Waals surface area contributed by atoms with Crippen LogP contribution in [0.5, 0.6) is 0 Å². The van der Waals surface area contributed by atoms with Gasteiger partial charge in [0, 0.05) is 26.7 Å². The Hall–Kier alpha value is -2.90. The molecule has 8 heteroatoms. The summed E-state index contributed by atoms with van der Waals surface area (Å²) >= 11 is 0. The Morgan fingerprint density at radius 2 is 2.04 bits per heavy atom. The number of imidazole rings is 1. The molecule has 0 bridgehead atoms. The van der Waals surface area contributed by atoms with Crippen LogP contribution in [0.4, 0.5) is 0 Å². The highest BCUT2D eigenvalue weighted by molar-refractivity contribution is 5.82. The Balaban J connectivity index is 2.09. The van der Waals surface area contributed by atoms with Gasteiger partial charge in [-0.3, -0.25) is 13.9 Å². The molecule has 0 saturated heterocycles. The molecule has 0 fully saturated rings. The zero-order valence-corrected chi connectivity index (χ0v) is 13.9. The van der Waals surface area contributed by atoms with Gasteiger partial charge in [0.05, 0.1) is 12.9 Å². The summed E-state index contributed by atoms with van der Waals surface area (Å²) in [6.45, 7) is 2.13. The molecule has 8 nitrogen and oxygen atoms in total. The molecule has 2 aromatic heterocycles. The highest BCUT2D eigenvalue weighted by atomic mass is 16.5. The molecule has 2 heterocycles. The summed E-state index contributed by atoms with van der Waals surface area (Å²) in [7, 11) is 3.27. The topological polar surface area (TPSA) is 88.1 Å². The number of hydrogen-bond acceptors (Lipinski definition) is 5. The summed E-state index contributed by atoms with van der Waals surface area (Å²) in [6, 6.07) is 0. The predicted octanol–water partition coefficient (Wildman–Crippen LogP) is 0.499. The lowest BCUT2D eigenvalue weighted by atomic mass is 10.4. The van der Waals surface area contributed by atoms with Gasteiger partial charge < -0.3 is 9.30 Å². The molecule has 0 aromatic carbocycles. The van der Waals surface area contributed by atoms with Crippen LogP contribution in [0.3, 0.4) is 0 Å². The smallest absolute Gasteiger partial charge is 0.332 e. The summed E-state index contributed by atoms with van der Waals surface area (Å²) in [5.41, 5.74) is -0.120. The lowest BCUT2D eigenvalue weighted by Gasteiger charge is -2.08. The number of ether oxygens (including phenoxy) is 1. The number of rotatable bonds is 6. The maximum Gasteiger partial charge on any atom is 0.332 e. The molecule has 0 spiro atoms. The van der Waals surface area contributed by atoms with Gasteiger partial charge in [-0.1, -0.05) is 18.2 Å². The summed E-state index contributed by atoms with van der Waals surface area (Å²) in [6.07, 6.45) is 8.26. The van der Waals surface area contributed by atoms with Crippen LogP contribution in [0.15, 0.2) is 40.2 Å². The SMILES string of the molecule is CC=CC=CC(=O)OCCCn1c(=O)c2c(ncn2C)n(C)c1=O. The first-order valence-corrected chi connectivity index (χ1v) is 7.54. The van der Waals surface area contributed by atoms with Crippen LogP contribution < -0.4 is 11.2 Å². The van der Waals surface area contributed by atoms with Crippen molar-refractivity contribution in [1.29, 1.82) is 0 Å². The molecule has 0 atom stereocenters. The number of hydrogen-bond donors (Lipinski definition) is 0. The monoisotopic (exact) mass is 332 g/mol. The average molecular weight is 332 g/mol. The molecule has 0 radical (unpaired) electrons. The molecular weight excluding hydrogens is 312 g/mol. The molecule has 0 unspecified atom stereocenters. The van der Waals surface area contributed by atoms with Crippen LogP contribution in [0.2, 0.25) is 0 Å². The maximum absolute atomic E-state index is 12.4. The van der Waals surface area contributed by atoms with Gasteiger partial charge in [0.2, 0.25) is 0 Å². The van der Waals surface area contributed by atoms with Crippen molar-refractivity contribution in [3.8, 4) is 0 Å². The van der Waals surface area contributed by atoms with E-state index in [1.54, 1.807) is 36.9 Å². The first-order chi connectivity index (χ1) is 11.5. The molecule has 24 heavy (non-hydrogen) atoms. The van der Waals surface area contributed by atoms with E-state index >= 15 is 0 Å². The largest absolute Gasteiger partial charge is 0.462 e. The van der Waals surface area contributed by atoms with Gasteiger partial charge in [0.25, 0.3) is 5.56 Å². The van der Waals surface area contributed by atoms with Crippen LogP contribution in [-0.4, -0.2) is 31.3 Å². The predicted molar refractivity (Wildman–Crippen MR) is 89.7 cm³/mol. The van der Waals surface area contributed by atoms with E-state index in [0.29, 0.717) is 17.6 Å². The lowest BCUT2D eigenvalue weighted by Crippen LogP contribution is -2.39. The standard InChI is InChI=1S/C16H20N4O4/c1-4-5-6-8-12(21)24-10-7-9-20-15(22)13-14(17-11-18(13)2)19(3)16(20)23/h4-6,8,11H,7,9-10H2,1-3H3. The van der Waals surface area contributed by atoms with Crippen molar-refractivity contribution in [2.75, 3.05) is 6.61 Å². The number of esters is 1. The summed E-state index contributed by atoms with van der Waals surface area (Å²) in [4.78, 5) is 40.2. The fourth-order valence-electron chi connectivity index (χ4n) is 2.28. The Morgan fingerprint density at radius 3 is 2.75 bits per heavy atom. The Kier molecular flexibility index (Phi) is 5.51. The fraction of sp³-hybridized carbons (Fsp3) is 0.375. The fourth-order valence-corrected chi connectivity index (χ4v) is 2.28. The van der Waals surface area contributed by atoms with Crippen molar-refractivity contribution in [3.05, 3.63) is 51.5 Å². The van der Waals surface area contributed by atoms with E-state index in [1.165, 1.54) is 17.0 Å².